The van der Waals surface area contributed by atoms with Crippen LogP contribution in [0.1, 0.15) is 44.3 Å². The van der Waals surface area contributed by atoms with Gasteiger partial charge >= 0.3 is 0 Å². The number of hydrogen-bond acceptors (Lipinski definition) is 4. The van der Waals surface area contributed by atoms with Crippen LogP contribution in [0.4, 0.5) is 0 Å². The molecule has 1 aliphatic heterocycles. The third kappa shape index (κ3) is 3.40. The van der Waals surface area contributed by atoms with Gasteiger partial charge in [0.25, 0.3) is 0 Å². The molecule has 114 valence electrons. The molecule has 5 nitrogen and oxygen atoms in total. The summed E-state index contributed by atoms with van der Waals surface area (Å²) in [6.45, 7) is 7.22. The molecule has 1 fully saturated rings. The molecule has 2 heterocycles. The highest BCUT2D eigenvalue weighted by molar-refractivity contribution is 5.11. The van der Waals surface area contributed by atoms with Crippen LogP contribution in [0, 0.1) is 0 Å². The van der Waals surface area contributed by atoms with Crippen LogP contribution in [0.3, 0.4) is 0 Å². The van der Waals surface area contributed by atoms with Crippen molar-refractivity contribution in [2.75, 3.05) is 33.7 Å². The fraction of sp³-hybridized carbons (Fsp3) is 0.800. The van der Waals surface area contributed by atoms with Crippen molar-refractivity contribution in [2.45, 2.75) is 44.8 Å². The highest BCUT2D eigenvalue weighted by Gasteiger charge is 2.25. The van der Waals surface area contributed by atoms with E-state index in [-0.39, 0.29) is 6.04 Å². The molecule has 0 aliphatic carbocycles. The SMILES string of the molecule is CC(C)n1cc(C(CN)N(C)CC2CCCN2C)cn1. The normalized spacial score (nSPS) is 22.1. The molecule has 1 aromatic heterocycles. The van der Waals surface area contributed by atoms with Crippen LogP contribution in [-0.4, -0.2) is 59.4 Å². The van der Waals surface area contributed by atoms with Crippen molar-refractivity contribution in [3.05, 3.63) is 18.0 Å². The predicted octanol–water partition coefficient (Wildman–Crippen LogP) is 1.49. The Hall–Kier alpha value is -0.910. The smallest absolute Gasteiger partial charge is 0.0538 e. The van der Waals surface area contributed by atoms with E-state index < -0.39 is 0 Å². The molecule has 0 aromatic carbocycles. The second kappa shape index (κ2) is 6.70. The molecular weight excluding hydrogens is 250 g/mol. The van der Waals surface area contributed by atoms with Crippen molar-refractivity contribution in [2.24, 2.45) is 5.73 Å². The Morgan fingerprint density at radius 3 is 2.75 bits per heavy atom. The van der Waals surface area contributed by atoms with Crippen molar-refractivity contribution >= 4 is 0 Å². The first kappa shape index (κ1) is 15.5. The summed E-state index contributed by atoms with van der Waals surface area (Å²) in [7, 11) is 4.40. The van der Waals surface area contributed by atoms with E-state index in [0.717, 1.165) is 6.54 Å². The summed E-state index contributed by atoms with van der Waals surface area (Å²) in [6.07, 6.45) is 6.71. The average Bonchev–Trinajstić information content (AvgIpc) is 3.01. The molecular formula is C15H29N5. The van der Waals surface area contributed by atoms with Crippen molar-refractivity contribution in [3.63, 3.8) is 0 Å². The molecule has 2 rings (SSSR count). The molecule has 0 amide bonds. The largest absolute Gasteiger partial charge is 0.329 e. The minimum atomic E-state index is 0.261. The summed E-state index contributed by atoms with van der Waals surface area (Å²) in [5.41, 5.74) is 7.23. The molecule has 1 aliphatic rings. The standard InChI is InChI=1S/C15H29N5/c1-12(2)20-10-13(9-17-20)15(8-16)19(4)11-14-6-5-7-18(14)3/h9-10,12,14-15H,5-8,11,16H2,1-4H3. The van der Waals surface area contributed by atoms with Gasteiger partial charge in [0, 0.05) is 43.0 Å². The number of likely N-dealkylation sites (tertiary alicyclic amines) is 1. The van der Waals surface area contributed by atoms with Gasteiger partial charge < -0.3 is 10.6 Å². The second-order valence-corrected chi connectivity index (χ2v) is 6.32. The molecule has 2 atom stereocenters. The Balaban J connectivity index is 2.02. The molecule has 2 N–H and O–H groups in total. The number of hydrogen-bond donors (Lipinski definition) is 1. The Labute approximate surface area is 122 Å². The number of nitrogens with two attached hydrogens (primary N) is 1. The zero-order chi connectivity index (χ0) is 14.7. The first-order valence-corrected chi connectivity index (χ1v) is 7.67. The van der Waals surface area contributed by atoms with Crippen molar-refractivity contribution < 1.29 is 0 Å². The summed E-state index contributed by atoms with van der Waals surface area (Å²) in [5, 5.41) is 4.44. The van der Waals surface area contributed by atoms with Gasteiger partial charge in [-0.1, -0.05) is 0 Å². The summed E-state index contributed by atoms with van der Waals surface area (Å²) in [5.74, 6) is 0. The molecule has 5 heteroatoms. The second-order valence-electron chi connectivity index (χ2n) is 6.32. The fourth-order valence-corrected chi connectivity index (χ4v) is 3.05. The van der Waals surface area contributed by atoms with E-state index in [4.69, 9.17) is 5.73 Å². The summed E-state index contributed by atoms with van der Waals surface area (Å²) < 4.78 is 2.01. The van der Waals surface area contributed by atoms with Gasteiger partial charge in [0.05, 0.1) is 6.20 Å². The molecule has 0 spiro atoms. The molecule has 20 heavy (non-hydrogen) atoms. The lowest BCUT2D eigenvalue weighted by Gasteiger charge is -2.31. The van der Waals surface area contributed by atoms with E-state index in [1.54, 1.807) is 0 Å². The van der Waals surface area contributed by atoms with Gasteiger partial charge in [0.15, 0.2) is 0 Å². The van der Waals surface area contributed by atoms with E-state index in [1.807, 2.05) is 10.9 Å². The quantitative estimate of drug-likeness (QED) is 0.857. The van der Waals surface area contributed by atoms with Gasteiger partial charge in [-0.3, -0.25) is 9.58 Å². The monoisotopic (exact) mass is 279 g/mol. The van der Waals surface area contributed by atoms with E-state index in [2.05, 4.69) is 49.0 Å². The summed E-state index contributed by atoms with van der Waals surface area (Å²) in [4.78, 5) is 4.84. The topological polar surface area (TPSA) is 50.3 Å². The molecule has 0 radical (unpaired) electrons. The Morgan fingerprint density at radius 2 is 2.25 bits per heavy atom. The summed E-state index contributed by atoms with van der Waals surface area (Å²) in [6, 6.07) is 1.32. The van der Waals surface area contributed by atoms with Crippen molar-refractivity contribution in [1.29, 1.82) is 0 Å². The molecule has 0 saturated carbocycles. The van der Waals surface area contributed by atoms with E-state index in [0.29, 0.717) is 18.6 Å². The van der Waals surface area contributed by atoms with E-state index >= 15 is 0 Å². The minimum Gasteiger partial charge on any atom is -0.329 e. The van der Waals surface area contributed by atoms with Crippen molar-refractivity contribution in [1.82, 2.24) is 19.6 Å². The van der Waals surface area contributed by atoms with Crippen LogP contribution in [0.2, 0.25) is 0 Å². The predicted molar refractivity (Wildman–Crippen MR) is 82.7 cm³/mol. The number of aromatic nitrogens is 2. The lowest BCUT2D eigenvalue weighted by Crippen LogP contribution is -2.40. The van der Waals surface area contributed by atoms with Crippen LogP contribution in [0.15, 0.2) is 12.4 Å². The van der Waals surface area contributed by atoms with Crippen LogP contribution in [0.25, 0.3) is 0 Å². The maximum atomic E-state index is 6.01. The number of rotatable bonds is 6. The molecule has 1 saturated heterocycles. The van der Waals surface area contributed by atoms with Gasteiger partial charge in [-0.05, 0) is 47.3 Å². The van der Waals surface area contributed by atoms with Crippen LogP contribution in [-0.2, 0) is 0 Å². The maximum Gasteiger partial charge on any atom is 0.0538 e. The third-order valence-electron chi connectivity index (χ3n) is 4.46. The lowest BCUT2D eigenvalue weighted by atomic mass is 10.1. The molecule has 0 bridgehead atoms. The first-order valence-electron chi connectivity index (χ1n) is 7.67. The Morgan fingerprint density at radius 1 is 1.50 bits per heavy atom. The Kier molecular flexibility index (Phi) is 5.18. The van der Waals surface area contributed by atoms with Gasteiger partial charge in [-0.25, -0.2) is 0 Å². The first-order chi connectivity index (χ1) is 9.52. The Bertz CT molecular complexity index is 414. The van der Waals surface area contributed by atoms with Gasteiger partial charge in [0.1, 0.15) is 0 Å². The van der Waals surface area contributed by atoms with Gasteiger partial charge in [0.2, 0.25) is 0 Å². The molecule has 1 aromatic rings. The third-order valence-corrected chi connectivity index (χ3v) is 4.46. The van der Waals surface area contributed by atoms with Crippen molar-refractivity contribution in [3.8, 4) is 0 Å². The highest BCUT2D eigenvalue weighted by atomic mass is 15.3. The zero-order valence-corrected chi connectivity index (χ0v) is 13.3. The van der Waals surface area contributed by atoms with E-state index in [1.165, 1.54) is 24.9 Å². The van der Waals surface area contributed by atoms with Gasteiger partial charge in [-0.2, -0.15) is 5.10 Å². The van der Waals surface area contributed by atoms with Crippen LogP contribution < -0.4 is 5.73 Å². The highest BCUT2D eigenvalue weighted by Crippen LogP contribution is 2.22. The zero-order valence-electron chi connectivity index (χ0n) is 13.3. The van der Waals surface area contributed by atoms with Crippen LogP contribution >= 0.6 is 0 Å². The number of likely N-dealkylation sites (N-methyl/N-ethyl adjacent to an activating group) is 2. The summed E-state index contributed by atoms with van der Waals surface area (Å²) >= 11 is 0. The molecule has 2 unspecified atom stereocenters. The maximum absolute atomic E-state index is 6.01. The van der Waals surface area contributed by atoms with Gasteiger partial charge in [-0.15, -0.1) is 0 Å². The number of nitrogens with zero attached hydrogens (tertiary/aromatic N) is 4. The fourth-order valence-electron chi connectivity index (χ4n) is 3.05. The minimum absolute atomic E-state index is 0.261. The van der Waals surface area contributed by atoms with E-state index in [9.17, 15) is 0 Å². The van der Waals surface area contributed by atoms with Crippen LogP contribution in [0.5, 0.6) is 0 Å². The lowest BCUT2D eigenvalue weighted by molar-refractivity contribution is 0.179. The average molecular weight is 279 g/mol.